The molecule has 0 heterocycles. The predicted molar refractivity (Wildman–Crippen MR) is 108 cm³/mol. The molecule has 0 aliphatic carbocycles. The minimum absolute atomic E-state index is 0.139. The molecule has 8 atom stereocenters. The highest BCUT2D eigenvalue weighted by Gasteiger charge is 2.39. The van der Waals surface area contributed by atoms with Crippen LogP contribution in [0.25, 0.3) is 0 Å². The zero-order valence-corrected chi connectivity index (χ0v) is 18.3. The van der Waals surface area contributed by atoms with Crippen LogP contribution >= 0.6 is 60.6 Å². The molecule has 0 aliphatic heterocycles. The van der Waals surface area contributed by atoms with Gasteiger partial charge < -0.3 is 14.2 Å². The predicted octanol–water partition coefficient (Wildman–Crippen LogP) is 4.48. The van der Waals surface area contributed by atoms with Crippen LogP contribution in [0.2, 0.25) is 10.0 Å². The molecule has 0 radical (unpaired) electrons. The average Bonchev–Trinajstić information content (AvgIpc) is 2.50. The molecule has 1 N–H and O–H groups in total. The molecular weight excluding hydrogens is 399 g/mol. The molecule has 0 saturated heterocycles. The molecule has 0 amide bonds. The molecule has 7 unspecified atom stereocenters. The first-order valence-corrected chi connectivity index (χ1v) is 9.77. The lowest BCUT2D eigenvalue weighted by Gasteiger charge is -2.39. The van der Waals surface area contributed by atoms with E-state index in [2.05, 4.69) is 44.3 Å². The SMILES string of the molecule is C[C@@](CP)(CC(P)c1ccc(Cl)c(Cl)c1)C(OP)C(O)OP. The summed E-state index contributed by atoms with van der Waals surface area (Å²) in [6.45, 7) is 2.05. The van der Waals surface area contributed by atoms with Gasteiger partial charge in [0.05, 0.1) is 10.0 Å². The Hall–Kier alpha value is 1.40. The molecule has 126 valence electrons. The van der Waals surface area contributed by atoms with Crippen molar-refractivity contribution >= 4 is 60.6 Å². The molecule has 0 aliphatic rings. The van der Waals surface area contributed by atoms with Crippen LogP contribution in [0.3, 0.4) is 0 Å². The molecule has 1 aromatic carbocycles. The van der Waals surface area contributed by atoms with Gasteiger partial charge in [-0.1, -0.05) is 36.2 Å². The fourth-order valence-corrected chi connectivity index (χ4v) is 4.38. The largest absolute Gasteiger partial charge is 0.366 e. The lowest BCUT2D eigenvalue weighted by molar-refractivity contribution is -0.120. The van der Waals surface area contributed by atoms with E-state index in [1.165, 1.54) is 0 Å². The second-order valence-electron chi connectivity index (χ2n) is 5.43. The van der Waals surface area contributed by atoms with E-state index in [-0.39, 0.29) is 11.1 Å². The standard InChI is InChI=1S/C13H22Cl2O3P4/c1-13(6-19,11(17-21)12(16)18-22)5-10(20)7-2-3-8(14)9(15)4-7/h2-4,10-12,16H,5-6,19-22H2,1H3/t10?,11?,12?,13-/m0/s1. The normalized spacial score (nSPS) is 18.5. The molecule has 1 aromatic rings. The van der Waals surface area contributed by atoms with Gasteiger partial charge in [0.1, 0.15) is 6.10 Å². The van der Waals surface area contributed by atoms with E-state index in [1.807, 2.05) is 12.1 Å². The Morgan fingerprint density at radius 2 is 1.86 bits per heavy atom. The smallest absolute Gasteiger partial charge is 0.185 e. The van der Waals surface area contributed by atoms with Crippen molar-refractivity contribution in [2.24, 2.45) is 5.41 Å². The van der Waals surface area contributed by atoms with Crippen molar-refractivity contribution in [3.05, 3.63) is 33.8 Å². The van der Waals surface area contributed by atoms with E-state index in [1.54, 1.807) is 6.07 Å². The van der Waals surface area contributed by atoms with Crippen molar-refractivity contribution in [3.63, 3.8) is 0 Å². The van der Waals surface area contributed by atoms with E-state index < -0.39 is 12.4 Å². The third-order valence-electron chi connectivity index (χ3n) is 3.76. The summed E-state index contributed by atoms with van der Waals surface area (Å²) in [6.07, 6.45) is -0.0236. The Bertz CT molecular complexity index is 494. The molecule has 22 heavy (non-hydrogen) atoms. The van der Waals surface area contributed by atoms with Gasteiger partial charge in [0.25, 0.3) is 0 Å². The summed E-state index contributed by atoms with van der Waals surface area (Å²) in [7, 11) is 9.80. The number of hydrogen-bond acceptors (Lipinski definition) is 3. The van der Waals surface area contributed by atoms with E-state index in [4.69, 9.17) is 32.2 Å². The second kappa shape index (κ2) is 9.77. The Morgan fingerprint density at radius 1 is 1.23 bits per heavy atom. The molecule has 0 spiro atoms. The van der Waals surface area contributed by atoms with E-state index >= 15 is 0 Å². The third kappa shape index (κ3) is 5.46. The van der Waals surface area contributed by atoms with Crippen molar-refractivity contribution < 1.29 is 14.2 Å². The topological polar surface area (TPSA) is 38.7 Å². The molecule has 3 nitrogen and oxygen atoms in total. The maximum Gasteiger partial charge on any atom is 0.185 e. The maximum absolute atomic E-state index is 10.0. The molecule has 0 saturated carbocycles. The monoisotopic (exact) mass is 420 g/mol. The van der Waals surface area contributed by atoms with E-state index in [9.17, 15) is 5.11 Å². The summed E-state index contributed by atoms with van der Waals surface area (Å²) in [5, 5.41) is 11.1. The van der Waals surface area contributed by atoms with E-state index in [0.29, 0.717) is 10.0 Å². The van der Waals surface area contributed by atoms with Gasteiger partial charge in [0.15, 0.2) is 6.29 Å². The molecule has 9 heteroatoms. The first-order chi connectivity index (χ1) is 10.3. The molecule has 1 rings (SSSR count). The third-order valence-corrected chi connectivity index (χ3v) is 6.62. The highest BCUT2D eigenvalue weighted by molar-refractivity contribution is 7.17. The highest BCUT2D eigenvalue weighted by Crippen LogP contribution is 2.43. The molecule has 0 bridgehead atoms. The number of aliphatic hydroxyl groups is 1. The van der Waals surface area contributed by atoms with Crippen LogP contribution < -0.4 is 0 Å². The first-order valence-electron chi connectivity index (χ1n) is 6.58. The summed E-state index contributed by atoms with van der Waals surface area (Å²) in [6, 6.07) is 5.61. The number of rotatable bonds is 8. The number of halogens is 2. The van der Waals surface area contributed by atoms with Gasteiger partial charge >= 0.3 is 0 Å². The quantitative estimate of drug-likeness (QED) is 0.497. The Balaban J connectivity index is 2.97. The number of hydrogen-bond donors (Lipinski definition) is 1. The average molecular weight is 421 g/mol. The van der Waals surface area contributed by atoms with Crippen LogP contribution in [-0.4, -0.2) is 23.7 Å². The molecule has 0 fully saturated rings. The van der Waals surface area contributed by atoms with Gasteiger partial charge in [-0.25, -0.2) is 0 Å². The van der Waals surface area contributed by atoms with Crippen molar-refractivity contribution in [1.82, 2.24) is 0 Å². The Kier molecular flexibility index (Phi) is 9.52. The molecular formula is C13H22Cl2O3P4. The van der Waals surface area contributed by atoms with Crippen molar-refractivity contribution in [2.45, 2.75) is 31.4 Å². The van der Waals surface area contributed by atoms with Crippen molar-refractivity contribution in [3.8, 4) is 0 Å². The first kappa shape index (κ1) is 21.4. The lowest BCUT2D eigenvalue weighted by atomic mass is 9.80. The summed E-state index contributed by atoms with van der Waals surface area (Å²) in [5.74, 6) is 0. The Labute approximate surface area is 151 Å². The van der Waals surface area contributed by atoms with Crippen LogP contribution in [0.1, 0.15) is 24.6 Å². The van der Waals surface area contributed by atoms with Crippen LogP contribution in [0, 0.1) is 5.41 Å². The fourth-order valence-electron chi connectivity index (χ4n) is 2.33. The van der Waals surface area contributed by atoms with Crippen LogP contribution in [-0.2, 0) is 9.05 Å². The molecule has 0 aromatic heterocycles. The summed E-state index contributed by atoms with van der Waals surface area (Å²) < 4.78 is 10.3. The summed E-state index contributed by atoms with van der Waals surface area (Å²) in [5.41, 5.74) is 0.883. The fraction of sp³-hybridized carbons (Fsp3) is 0.538. The van der Waals surface area contributed by atoms with Gasteiger partial charge in [-0.15, -0.1) is 18.5 Å². The second-order valence-corrected chi connectivity index (χ2v) is 8.00. The van der Waals surface area contributed by atoms with Crippen LogP contribution in [0.5, 0.6) is 0 Å². The van der Waals surface area contributed by atoms with Gasteiger partial charge in [0, 0.05) is 24.3 Å². The lowest BCUT2D eigenvalue weighted by Crippen LogP contribution is -2.44. The maximum atomic E-state index is 10.0. The zero-order chi connectivity index (χ0) is 16.9. The van der Waals surface area contributed by atoms with Crippen molar-refractivity contribution in [2.75, 3.05) is 6.16 Å². The number of benzene rings is 1. The number of aliphatic hydroxyl groups excluding tert-OH is 1. The van der Waals surface area contributed by atoms with Crippen molar-refractivity contribution in [1.29, 1.82) is 0 Å². The summed E-state index contributed by atoms with van der Waals surface area (Å²) in [4.78, 5) is 0. The summed E-state index contributed by atoms with van der Waals surface area (Å²) >= 11 is 12.1. The van der Waals surface area contributed by atoms with Gasteiger partial charge in [0.2, 0.25) is 0 Å². The Morgan fingerprint density at radius 3 is 2.32 bits per heavy atom. The van der Waals surface area contributed by atoms with Gasteiger partial charge in [-0.2, -0.15) is 0 Å². The minimum atomic E-state index is -1.03. The van der Waals surface area contributed by atoms with Gasteiger partial charge in [-0.3, -0.25) is 0 Å². The van der Waals surface area contributed by atoms with Gasteiger partial charge in [-0.05, 0) is 35.9 Å². The van der Waals surface area contributed by atoms with E-state index in [0.717, 1.165) is 18.1 Å². The zero-order valence-electron chi connectivity index (χ0n) is 12.2. The highest BCUT2D eigenvalue weighted by atomic mass is 35.5. The van der Waals surface area contributed by atoms with Crippen LogP contribution in [0.15, 0.2) is 18.2 Å². The van der Waals surface area contributed by atoms with Crippen LogP contribution in [0.4, 0.5) is 0 Å². The minimum Gasteiger partial charge on any atom is -0.366 e.